The van der Waals surface area contributed by atoms with E-state index in [2.05, 4.69) is 31.9 Å². The van der Waals surface area contributed by atoms with Gasteiger partial charge in [0.1, 0.15) is 11.5 Å². The Morgan fingerprint density at radius 2 is 1.94 bits per heavy atom. The number of halogens is 2. The van der Waals surface area contributed by atoms with Gasteiger partial charge in [0.05, 0.1) is 13.6 Å². The first kappa shape index (κ1) is 12.4. The van der Waals surface area contributed by atoms with Gasteiger partial charge in [-0.05, 0) is 63.4 Å². The van der Waals surface area contributed by atoms with E-state index in [0.717, 1.165) is 30.2 Å². The average Bonchev–Trinajstić information content (AvgIpc) is 2.68. The zero-order valence-corrected chi connectivity index (χ0v) is 12.9. The largest absolute Gasteiger partial charge is 0.466 e. The summed E-state index contributed by atoms with van der Waals surface area (Å²) in [5, 5.41) is 0. The van der Waals surface area contributed by atoms with Crippen molar-refractivity contribution in [3.63, 3.8) is 0 Å². The van der Waals surface area contributed by atoms with Crippen molar-refractivity contribution in [2.75, 3.05) is 0 Å². The first-order valence-electron chi connectivity index (χ1n) is 4.76. The summed E-state index contributed by atoms with van der Waals surface area (Å²) in [4.78, 5) is 0. The first-order valence-corrected chi connectivity index (χ1v) is 7.16. The third-order valence-corrected chi connectivity index (χ3v) is 4.82. The van der Waals surface area contributed by atoms with E-state index in [1.165, 1.54) is 0 Å². The summed E-state index contributed by atoms with van der Waals surface area (Å²) >= 11 is 8.61. The van der Waals surface area contributed by atoms with Crippen LogP contribution >= 0.6 is 43.2 Å². The van der Waals surface area contributed by atoms with Crippen LogP contribution in [0.15, 0.2) is 24.1 Å². The minimum absolute atomic E-state index is 0.144. The van der Waals surface area contributed by atoms with Crippen LogP contribution in [-0.2, 0) is 0 Å². The van der Waals surface area contributed by atoms with Crippen molar-refractivity contribution in [3.05, 3.63) is 42.4 Å². The van der Waals surface area contributed by atoms with E-state index in [9.17, 15) is 0 Å². The fourth-order valence-electron chi connectivity index (χ4n) is 1.69. The van der Waals surface area contributed by atoms with Crippen molar-refractivity contribution in [3.8, 4) is 0 Å². The molecule has 0 aliphatic rings. The Morgan fingerprint density at radius 3 is 2.38 bits per heavy atom. The Bertz CT molecular complexity index is 472. The van der Waals surface area contributed by atoms with Gasteiger partial charge >= 0.3 is 0 Å². The van der Waals surface area contributed by atoms with E-state index in [-0.39, 0.29) is 6.04 Å². The molecule has 2 N–H and O–H groups in total. The van der Waals surface area contributed by atoms with Crippen molar-refractivity contribution < 1.29 is 4.42 Å². The molecule has 16 heavy (non-hydrogen) atoms. The molecule has 0 spiro atoms. The molecule has 2 rings (SSSR count). The number of hydrogen-bond donors (Lipinski definition) is 1. The smallest absolute Gasteiger partial charge is 0.106 e. The van der Waals surface area contributed by atoms with E-state index >= 15 is 0 Å². The Morgan fingerprint density at radius 1 is 1.25 bits per heavy atom. The quantitative estimate of drug-likeness (QED) is 0.850. The number of furan rings is 1. The van der Waals surface area contributed by atoms with Crippen molar-refractivity contribution in [2.24, 2.45) is 5.73 Å². The van der Waals surface area contributed by atoms with E-state index in [4.69, 9.17) is 10.2 Å². The van der Waals surface area contributed by atoms with Crippen LogP contribution in [-0.4, -0.2) is 0 Å². The summed E-state index contributed by atoms with van der Waals surface area (Å²) in [7, 11) is 0. The highest BCUT2D eigenvalue weighted by Gasteiger charge is 2.19. The first-order chi connectivity index (χ1) is 7.49. The van der Waals surface area contributed by atoms with Crippen LogP contribution in [0.25, 0.3) is 0 Å². The van der Waals surface area contributed by atoms with Crippen LogP contribution in [0, 0.1) is 13.8 Å². The fraction of sp³-hybridized carbons (Fsp3) is 0.273. The normalized spacial score (nSPS) is 13.1. The highest BCUT2D eigenvalue weighted by atomic mass is 79.9. The predicted octanol–water partition coefficient (Wildman–Crippen LogP) is 4.53. The maximum absolute atomic E-state index is 6.24. The maximum atomic E-state index is 6.24. The predicted molar refractivity (Wildman–Crippen MR) is 73.9 cm³/mol. The molecule has 0 aromatic carbocycles. The second kappa shape index (κ2) is 4.64. The van der Waals surface area contributed by atoms with Gasteiger partial charge < -0.3 is 10.2 Å². The van der Waals surface area contributed by atoms with Crippen molar-refractivity contribution in [1.29, 1.82) is 0 Å². The summed E-state index contributed by atoms with van der Waals surface area (Å²) in [6, 6.07) is 3.90. The second-order valence-corrected chi connectivity index (χ2v) is 7.38. The van der Waals surface area contributed by atoms with Crippen LogP contribution in [0.2, 0.25) is 0 Å². The molecule has 0 aliphatic heterocycles. The second-order valence-electron chi connectivity index (χ2n) is 3.63. The summed E-state index contributed by atoms with van der Waals surface area (Å²) in [6.07, 6.45) is 0. The third-order valence-electron chi connectivity index (χ3n) is 2.43. The topological polar surface area (TPSA) is 39.2 Å². The molecule has 0 bridgehead atoms. The van der Waals surface area contributed by atoms with Gasteiger partial charge in [-0.15, -0.1) is 11.3 Å². The zero-order chi connectivity index (χ0) is 11.9. The van der Waals surface area contributed by atoms with Crippen LogP contribution in [0.4, 0.5) is 0 Å². The Kier molecular flexibility index (Phi) is 3.59. The summed E-state index contributed by atoms with van der Waals surface area (Å²) in [6.45, 7) is 3.87. The molecule has 0 saturated heterocycles. The highest BCUT2D eigenvalue weighted by Crippen LogP contribution is 2.37. The lowest BCUT2D eigenvalue weighted by Crippen LogP contribution is -2.11. The van der Waals surface area contributed by atoms with Crippen molar-refractivity contribution in [2.45, 2.75) is 19.9 Å². The van der Waals surface area contributed by atoms with Gasteiger partial charge in [0.25, 0.3) is 0 Å². The standard InChI is InChI=1S/C11H11Br2NOS/c1-5-3-7(6(2)15-5)10(14)8-4-9(12)16-11(8)13/h3-4,10H,14H2,1-2H3. The SMILES string of the molecule is Cc1cc(C(N)c2cc(Br)sc2Br)c(C)o1. The number of thiophene rings is 1. The molecule has 2 aromatic rings. The van der Waals surface area contributed by atoms with Gasteiger partial charge in [-0.2, -0.15) is 0 Å². The Hall–Kier alpha value is -0.100. The third kappa shape index (κ3) is 2.27. The number of nitrogens with two attached hydrogens (primary N) is 1. The molecule has 1 atom stereocenters. The molecule has 0 radical (unpaired) electrons. The van der Waals surface area contributed by atoms with Crippen LogP contribution < -0.4 is 5.73 Å². The molecule has 86 valence electrons. The van der Waals surface area contributed by atoms with Crippen molar-refractivity contribution >= 4 is 43.2 Å². The summed E-state index contributed by atoms with van der Waals surface area (Å²) in [5.41, 5.74) is 8.37. The average molecular weight is 365 g/mol. The van der Waals surface area contributed by atoms with Crippen LogP contribution in [0.5, 0.6) is 0 Å². The monoisotopic (exact) mass is 363 g/mol. The lowest BCUT2D eigenvalue weighted by molar-refractivity contribution is 0.499. The molecule has 0 saturated carbocycles. The van der Waals surface area contributed by atoms with E-state index < -0.39 is 0 Å². The van der Waals surface area contributed by atoms with Crippen LogP contribution in [0.1, 0.15) is 28.7 Å². The van der Waals surface area contributed by atoms with Gasteiger partial charge in [0.2, 0.25) is 0 Å². The molecule has 2 heterocycles. The molecule has 5 heteroatoms. The fourth-order valence-corrected chi connectivity index (χ4v) is 4.62. The van der Waals surface area contributed by atoms with Gasteiger partial charge in [-0.3, -0.25) is 0 Å². The molecule has 2 nitrogen and oxygen atoms in total. The number of hydrogen-bond acceptors (Lipinski definition) is 3. The summed E-state index contributed by atoms with van der Waals surface area (Å²) in [5.74, 6) is 1.78. The molecule has 0 fully saturated rings. The Labute approximate surface area is 115 Å². The minimum atomic E-state index is -0.144. The Balaban J connectivity index is 2.42. The van der Waals surface area contributed by atoms with Gasteiger partial charge in [0, 0.05) is 5.56 Å². The molecular weight excluding hydrogens is 354 g/mol. The molecule has 2 aromatic heterocycles. The number of rotatable bonds is 2. The zero-order valence-electron chi connectivity index (χ0n) is 8.88. The van der Waals surface area contributed by atoms with Crippen LogP contribution in [0.3, 0.4) is 0 Å². The van der Waals surface area contributed by atoms with Gasteiger partial charge in [-0.1, -0.05) is 0 Å². The molecule has 0 amide bonds. The van der Waals surface area contributed by atoms with E-state index in [1.807, 2.05) is 26.0 Å². The van der Waals surface area contributed by atoms with Gasteiger partial charge in [-0.25, -0.2) is 0 Å². The molecular formula is C11H11Br2NOS. The lowest BCUT2D eigenvalue weighted by atomic mass is 10.0. The maximum Gasteiger partial charge on any atom is 0.106 e. The van der Waals surface area contributed by atoms with Gasteiger partial charge in [0.15, 0.2) is 0 Å². The van der Waals surface area contributed by atoms with Crippen molar-refractivity contribution in [1.82, 2.24) is 0 Å². The molecule has 1 unspecified atom stereocenters. The van der Waals surface area contributed by atoms with E-state index in [0.29, 0.717) is 0 Å². The molecule has 0 aliphatic carbocycles. The van der Waals surface area contributed by atoms with E-state index in [1.54, 1.807) is 11.3 Å². The minimum Gasteiger partial charge on any atom is -0.466 e. The summed E-state index contributed by atoms with van der Waals surface area (Å²) < 4.78 is 7.63. The number of aryl methyl sites for hydroxylation is 2. The lowest BCUT2D eigenvalue weighted by Gasteiger charge is -2.09. The highest BCUT2D eigenvalue weighted by molar-refractivity contribution is 9.12.